The SMILES string of the molecule is CC(=O)CC(C(=O)N1CCN(c2ccc(S(=O)(=O)Nc3ccncn3)cc2)CC1)c1ccccc1.CC(Nc1ccccc1NN)C(=O)N1CCN(c2ccc(S(=O)(=O)Nc3ccncn3)cc2)CC1.C[C@H](C(=O)NC1CCN(c2ccc(S(=O)(=O)Nc3ncns3)cc2)CC1)n1ccc2c(F)cccc21.O=C1[C@@H](NCCc2ccccc2F)CCN1c1ccc(S(=O)(=O)Nc2nccs2)cc1.[HH].[HH].[HH].[HH].[HH].[HH].[HH].[HH]. The van der Waals surface area contributed by atoms with Crippen molar-refractivity contribution in [3.8, 4) is 0 Å². The second-order valence-corrected chi connectivity index (χ2v) is 40.6. The molecule has 0 saturated carbocycles. The number of carbonyl (C=O) groups is 5. The molecule has 36 nitrogen and oxygen atoms in total. The van der Waals surface area contributed by atoms with Gasteiger partial charge in [-0.3, -0.25) is 48.7 Å². The number of hydrogen-bond acceptors (Lipinski definition) is 29. The summed E-state index contributed by atoms with van der Waals surface area (Å²) in [5, 5.41) is 12.2. The van der Waals surface area contributed by atoms with Gasteiger partial charge in [0.05, 0.1) is 48.4 Å². The van der Waals surface area contributed by atoms with Gasteiger partial charge in [-0.1, -0.05) is 66.7 Å². The zero-order valence-electron chi connectivity index (χ0n) is 74.6. The predicted octanol–water partition coefficient (Wildman–Crippen LogP) is 13.2. The van der Waals surface area contributed by atoms with Crippen LogP contribution in [0.25, 0.3) is 10.9 Å². The number of thiazole rings is 1. The number of piperidine rings is 1. The summed E-state index contributed by atoms with van der Waals surface area (Å²) < 4.78 is 143. The van der Waals surface area contributed by atoms with E-state index < -0.39 is 58.1 Å². The molecule has 8 aromatic carbocycles. The van der Waals surface area contributed by atoms with Crippen LogP contribution in [-0.4, -0.2) is 208 Å². The lowest BCUT2D eigenvalue weighted by molar-refractivity contribution is -0.135. The molecule has 13 aromatic rings. The van der Waals surface area contributed by atoms with Crippen LogP contribution in [0.4, 0.5) is 64.8 Å². The molecule has 9 heterocycles. The number of para-hydroxylation sites is 2. The number of nitrogens with one attached hydrogen (secondary N) is 8. The zero-order valence-corrected chi connectivity index (χ0v) is 79.5. The van der Waals surface area contributed by atoms with Crippen LogP contribution in [0.3, 0.4) is 0 Å². The van der Waals surface area contributed by atoms with Crippen LogP contribution in [0.2, 0.25) is 0 Å². The molecule has 2 unspecified atom stereocenters. The molecule has 732 valence electrons. The van der Waals surface area contributed by atoms with Crippen molar-refractivity contribution >= 4 is 159 Å². The van der Waals surface area contributed by atoms with Gasteiger partial charge in [0, 0.05) is 172 Å². The Hall–Kier alpha value is -14.0. The van der Waals surface area contributed by atoms with E-state index in [2.05, 4.69) is 89.2 Å². The maximum atomic E-state index is 14.0. The summed E-state index contributed by atoms with van der Waals surface area (Å²) in [6.07, 6.45) is 12.9. The van der Waals surface area contributed by atoms with Gasteiger partial charge in [0.2, 0.25) is 28.8 Å². The minimum Gasteiger partial charge on any atom is -0.372 e. The first-order valence-corrected chi connectivity index (χ1v) is 51.3. The normalized spacial score (nSPS) is 15.5. The molecule has 0 aliphatic carbocycles. The van der Waals surface area contributed by atoms with Crippen LogP contribution in [0, 0.1) is 11.6 Å². The van der Waals surface area contributed by atoms with Gasteiger partial charge in [-0.15, -0.1) is 11.3 Å². The molecule has 4 amide bonds. The number of nitrogen functional groups attached to an aromatic ring is 1. The molecule has 137 heavy (non-hydrogen) atoms. The summed E-state index contributed by atoms with van der Waals surface area (Å²) in [5.41, 5.74) is 9.59. The first kappa shape index (κ1) is 99.0. The summed E-state index contributed by atoms with van der Waals surface area (Å²) >= 11 is 2.16. The second-order valence-electron chi connectivity index (χ2n) is 32.2. The van der Waals surface area contributed by atoms with Crippen molar-refractivity contribution in [3.63, 3.8) is 0 Å². The van der Waals surface area contributed by atoms with Gasteiger partial charge < -0.3 is 55.3 Å². The van der Waals surface area contributed by atoms with E-state index in [4.69, 9.17) is 5.84 Å². The van der Waals surface area contributed by atoms with Crippen LogP contribution in [0.1, 0.15) is 81.0 Å². The van der Waals surface area contributed by atoms with E-state index >= 15 is 0 Å². The number of ketones is 1. The van der Waals surface area contributed by atoms with Crippen molar-refractivity contribution in [3.05, 3.63) is 284 Å². The molecule has 4 aliphatic heterocycles. The molecule has 10 N–H and O–H groups in total. The number of piperazine rings is 2. The van der Waals surface area contributed by atoms with Gasteiger partial charge in [-0.25, -0.2) is 72.4 Å². The fourth-order valence-corrected chi connectivity index (χ4v) is 21.4. The maximum absolute atomic E-state index is 14.0. The van der Waals surface area contributed by atoms with Crippen LogP contribution in [0.5, 0.6) is 0 Å². The van der Waals surface area contributed by atoms with E-state index in [0.29, 0.717) is 106 Å². The van der Waals surface area contributed by atoms with E-state index in [1.807, 2.05) is 84.3 Å². The number of nitrogens with two attached hydrogens (primary N) is 1. The number of fused-ring (bicyclic) bond motifs is 1. The number of nitrogens with zero attached hydrogens (tertiary/aromatic N) is 14. The summed E-state index contributed by atoms with van der Waals surface area (Å²) in [5.74, 6) is 4.69. The highest BCUT2D eigenvalue weighted by Gasteiger charge is 2.35. The molecule has 4 fully saturated rings. The number of benzene rings is 8. The van der Waals surface area contributed by atoms with E-state index in [1.54, 1.807) is 136 Å². The van der Waals surface area contributed by atoms with Crippen LogP contribution < -0.4 is 65.7 Å². The van der Waals surface area contributed by atoms with Gasteiger partial charge in [0.25, 0.3) is 40.1 Å². The number of anilines is 10. The number of hydrazine groups is 1. The largest absolute Gasteiger partial charge is 0.372 e. The lowest BCUT2D eigenvalue weighted by Crippen LogP contribution is -2.52. The van der Waals surface area contributed by atoms with Gasteiger partial charge in [0.1, 0.15) is 60.1 Å². The predicted molar refractivity (Wildman–Crippen MR) is 540 cm³/mol. The summed E-state index contributed by atoms with van der Waals surface area (Å²) in [6.45, 7) is 12.3. The Morgan fingerprint density at radius 3 is 1.52 bits per heavy atom. The molecule has 4 aliphatic rings. The number of aromatic nitrogens is 8. The molecule has 4 atom stereocenters. The first-order chi connectivity index (χ1) is 66.0. The number of rotatable bonds is 31. The van der Waals surface area contributed by atoms with Crippen molar-refractivity contribution in [2.75, 3.05) is 128 Å². The van der Waals surface area contributed by atoms with Gasteiger partial charge >= 0.3 is 0 Å². The Balaban J connectivity index is 0.000000291. The van der Waals surface area contributed by atoms with Gasteiger partial charge in [0.15, 0.2) is 5.13 Å². The fraction of sp³-hybridized carbons (Fsp3) is 0.269. The summed E-state index contributed by atoms with van der Waals surface area (Å²) in [4.78, 5) is 99.0. The smallest absolute Gasteiger partial charge is 0.263 e. The van der Waals surface area contributed by atoms with E-state index in [1.165, 1.54) is 92.2 Å². The summed E-state index contributed by atoms with van der Waals surface area (Å²) in [6, 6.07) is 57.9. The third-order valence-corrected chi connectivity index (χ3v) is 30.1. The topological polar surface area (TPSA) is 459 Å². The molecule has 0 radical (unpaired) electrons. The monoisotopic (exact) mass is 1990 g/mol. The molecule has 0 spiro atoms. The lowest BCUT2D eigenvalue weighted by atomic mass is 9.92. The molecule has 17 rings (SSSR count). The Kier molecular flexibility index (Phi) is 32.9. The zero-order chi connectivity index (χ0) is 96.8. The van der Waals surface area contributed by atoms with E-state index in [-0.39, 0.29) is 107 Å². The van der Waals surface area contributed by atoms with Crippen molar-refractivity contribution in [2.45, 2.75) is 103 Å². The van der Waals surface area contributed by atoms with E-state index in [9.17, 15) is 66.4 Å². The molecule has 5 aromatic heterocycles. The highest BCUT2D eigenvalue weighted by atomic mass is 32.2. The average Bonchev–Trinajstić information content (AvgIpc) is 1.60. The second kappa shape index (κ2) is 45.5. The van der Waals surface area contributed by atoms with Crippen LogP contribution >= 0.6 is 22.9 Å². The summed E-state index contributed by atoms with van der Waals surface area (Å²) in [7, 11) is -15.0. The number of amides is 4. The van der Waals surface area contributed by atoms with Crippen LogP contribution in [-0.2, 0) is 70.5 Å². The molecular weight excluding hydrogens is 1880 g/mol. The first-order valence-electron chi connectivity index (χ1n) is 43.7. The Bertz CT molecular complexity index is 6790. The highest BCUT2D eigenvalue weighted by molar-refractivity contribution is 7.93. The third-order valence-electron chi connectivity index (χ3n) is 23.2. The quantitative estimate of drug-likeness (QED) is 0.0144. The van der Waals surface area contributed by atoms with Crippen molar-refractivity contribution in [1.29, 1.82) is 0 Å². The maximum Gasteiger partial charge on any atom is 0.263 e. The molecule has 44 heteroatoms. The number of sulfonamides is 4. The minimum absolute atomic E-state index is 0. The van der Waals surface area contributed by atoms with Crippen molar-refractivity contribution in [2.24, 2.45) is 5.84 Å². The fourth-order valence-electron chi connectivity index (χ4n) is 15.9. The highest BCUT2D eigenvalue weighted by Crippen LogP contribution is 2.33. The molecule has 4 saturated heterocycles. The van der Waals surface area contributed by atoms with Crippen LogP contribution in [0.15, 0.2) is 281 Å². The number of halogens is 2. The Labute approximate surface area is 811 Å². The average molecular weight is 2000 g/mol. The number of Topliss-reactive ketones (excluding diaryl/α,β-unsaturated/α-hetero) is 1. The van der Waals surface area contributed by atoms with Gasteiger partial charge in [-0.2, -0.15) is 4.37 Å². The Morgan fingerprint density at radius 2 is 1.01 bits per heavy atom. The number of carbonyl (C=O) groups excluding carboxylic acids is 5. The number of hydrogen-bond donors (Lipinski definition) is 9. The standard InChI is InChI=1S/C25H27N5O4S.C24H25FN6O3S2.C23H28N8O3S.C21H21FN4O3S2.8H2/c1-19(31)17-23(20-5-3-2-4-6-20)25(32)30-15-13-29(14-16-30)21-7-9-22(10-8-21)35(33,34)28-24-11-12-26-18-27-24;1-16(31-14-11-20-21(25)3-2-4-22(20)31)23(32)28-17-9-12-30(13-10-17)18-5-7-19(8-6-18)36(33,34)29-24-26-15-27-35-24;1-17(27-20-4-2-3-5-21(20)28-24)23(32)31-14-12-30(13-15-31)18-6-8-19(9-7-18)35(33,34)29-22-10-11-25-16-26-22;22-18-4-2-1-3-15(18)9-11-23-19-10-13-26(20(19)27)16-5-7-17(8-6-16)31(28,29)25-21-24-12-14-30-21;;;;;;;;/h2-12,18,23H,13-17H2,1H3,(H,26,27,28);2-8,11,14-17H,9-10,12-13H2,1H3,(H,28,32)(H,26,27,29);2-11,16-17,27-28H,12-15,24H2,1H3,(H,25,26,29);1-8,12,14,19,23H,9-11,13H2,(H,24,25);8*1H/t;16-;;19-;;;;;;;;/m.1.0......../s1. The molecular formula is C93H117F2N23O13S6. The minimum atomic E-state index is -3.77. The van der Waals surface area contributed by atoms with E-state index in [0.717, 1.165) is 71.5 Å². The third kappa shape index (κ3) is 26.0. The van der Waals surface area contributed by atoms with Crippen molar-refractivity contribution in [1.82, 2.24) is 59.3 Å². The lowest BCUT2D eigenvalue weighted by Gasteiger charge is -2.37. The Morgan fingerprint density at radius 1 is 0.504 bits per heavy atom. The van der Waals surface area contributed by atoms with Gasteiger partial charge in [-0.05, 0) is 203 Å². The van der Waals surface area contributed by atoms with Crippen molar-refractivity contribution < 1.29 is 77.8 Å². The molecule has 0 bridgehead atoms.